The number of hydrogen-bond donors (Lipinski definition) is 2. The Balaban J connectivity index is 1.43. The highest BCUT2D eigenvalue weighted by Gasteiger charge is 2.76. The fraction of sp³-hybridized carbons (Fsp3) is 0.815. The SMILES string of the molecule is COCCN1C(=O)C2C(C(=O)NC3CCCCC3C)C3(C)C=CC2(O3)C1C(=O)NC1CCCCC1. The van der Waals surface area contributed by atoms with E-state index in [2.05, 4.69) is 17.6 Å². The molecule has 2 N–H and O–H groups in total. The van der Waals surface area contributed by atoms with Gasteiger partial charge in [-0.15, -0.1) is 0 Å². The number of hydrogen-bond acceptors (Lipinski definition) is 5. The number of likely N-dealkylation sites (tertiary alicyclic amines) is 1. The van der Waals surface area contributed by atoms with Crippen LogP contribution in [0.4, 0.5) is 0 Å². The molecule has 0 aromatic rings. The van der Waals surface area contributed by atoms with Crippen LogP contribution in [0.2, 0.25) is 0 Å². The van der Waals surface area contributed by atoms with Crippen LogP contribution >= 0.6 is 0 Å². The van der Waals surface area contributed by atoms with Gasteiger partial charge in [-0.25, -0.2) is 0 Å². The zero-order valence-corrected chi connectivity index (χ0v) is 21.4. The summed E-state index contributed by atoms with van der Waals surface area (Å²) in [4.78, 5) is 43.0. The summed E-state index contributed by atoms with van der Waals surface area (Å²) < 4.78 is 11.9. The van der Waals surface area contributed by atoms with E-state index < -0.39 is 29.1 Å². The van der Waals surface area contributed by atoms with Gasteiger partial charge in [-0.05, 0) is 38.5 Å². The van der Waals surface area contributed by atoms with Crippen molar-refractivity contribution in [3.8, 4) is 0 Å². The zero-order chi connectivity index (χ0) is 24.8. The highest BCUT2D eigenvalue weighted by Crippen LogP contribution is 2.59. The summed E-state index contributed by atoms with van der Waals surface area (Å²) in [6.45, 7) is 4.68. The lowest BCUT2D eigenvalue weighted by atomic mass is 9.70. The Bertz CT molecular complexity index is 886. The van der Waals surface area contributed by atoms with E-state index in [9.17, 15) is 14.4 Å². The lowest BCUT2D eigenvalue weighted by Gasteiger charge is -2.35. The molecule has 2 saturated heterocycles. The highest BCUT2D eigenvalue weighted by atomic mass is 16.5. The number of ether oxygens (including phenoxy) is 2. The largest absolute Gasteiger partial charge is 0.383 e. The van der Waals surface area contributed by atoms with Gasteiger partial charge in [0, 0.05) is 25.7 Å². The van der Waals surface area contributed by atoms with Gasteiger partial charge in [-0.3, -0.25) is 14.4 Å². The Morgan fingerprint density at radius 2 is 1.77 bits per heavy atom. The number of amides is 3. The molecule has 0 aromatic heterocycles. The smallest absolute Gasteiger partial charge is 0.246 e. The highest BCUT2D eigenvalue weighted by molar-refractivity contribution is 6.00. The van der Waals surface area contributed by atoms with E-state index >= 15 is 0 Å². The molecule has 5 aliphatic rings. The molecule has 2 aliphatic carbocycles. The zero-order valence-electron chi connectivity index (χ0n) is 21.4. The van der Waals surface area contributed by atoms with Crippen LogP contribution in [0, 0.1) is 17.8 Å². The number of rotatable bonds is 7. The minimum absolute atomic E-state index is 0.116. The fourth-order valence-electron chi connectivity index (χ4n) is 7.39. The summed E-state index contributed by atoms with van der Waals surface area (Å²) in [5.74, 6) is -1.45. The first-order chi connectivity index (χ1) is 16.8. The molecule has 7 unspecified atom stereocenters. The molecule has 8 heteroatoms. The molecule has 3 aliphatic heterocycles. The molecule has 35 heavy (non-hydrogen) atoms. The average Bonchev–Trinajstić information content (AvgIpc) is 3.40. The number of nitrogens with zero attached hydrogens (tertiary/aromatic N) is 1. The van der Waals surface area contributed by atoms with Crippen LogP contribution in [0.3, 0.4) is 0 Å². The molecule has 8 nitrogen and oxygen atoms in total. The van der Waals surface area contributed by atoms with Gasteiger partial charge in [0.1, 0.15) is 11.6 Å². The van der Waals surface area contributed by atoms with Crippen molar-refractivity contribution in [1.29, 1.82) is 0 Å². The van der Waals surface area contributed by atoms with Crippen LogP contribution in [-0.4, -0.2) is 72.2 Å². The minimum Gasteiger partial charge on any atom is -0.383 e. The number of nitrogens with one attached hydrogen (secondary N) is 2. The van der Waals surface area contributed by atoms with Gasteiger partial charge < -0.3 is 25.0 Å². The molecule has 3 amide bonds. The van der Waals surface area contributed by atoms with Gasteiger partial charge in [0.05, 0.1) is 24.0 Å². The quantitative estimate of drug-likeness (QED) is 0.537. The van der Waals surface area contributed by atoms with Crippen LogP contribution in [0.5, 0.6) is 0 Å². The summed E-state index contributed by atoms with van der Waals surface area (Å²) in [6.07, 6.45) is 13.5. The average molecular weight is 488 g/mol. The van der Waals surface area contributed by atoms with Crippen LogP contribution in [0.25, 0.3) is 0 Å². The topological polar surface area (TPSA) is 97.0 Å². The van der Waals surface area contributed by atoms with E-state index in [-0.39, 0.29) is 36.3 Å². The fourth-order valence-corrected chi connectivity index (χ4v) is 7.39. The Kier molecular flexibility index (Phi) is 6.72. The molecule has 2 saturated carbocycles. The first-order valence-electron chi connectivity index (χ1n) is 13.6. The second-order valence-corrected chi connectivity index (χ2v) is 11.6. The van der Waals surface area contributed by atoms with Crippen molar-refractivity contribution in [2.45, 2.75) is 101 Å². The van der Waals surface area contributed by atoms with Gasteiger partial charge >= 0.3 is 0 Å². The summed E-state index contributed by atoms with van der Waals surface area (Å²) in [5.41, 5.74) is -2.03. The second kappa shape index (κ2) is 9.51. The Morgan fingerprint density at radius 1 is 1.06 bits per heavy atom. The van der Waals surface area contributed by atoms with Crippen molar-refractivity contribution in [2.24, 2.45) is 17.8 Å². The van der Waals surface area contributed by atoms with Crippen molar-refractivity contribution in [3.63, 3.8) is 0 Å². The molecule has 1 spiro atoms. The molecule has 5 rings (SSSR count). The molecule has 7 atom stereocenters. The molecule has 194 valence electrons. The van der Waals surface area contributed by atoms with Crippen LogP contribution < -0.4 is 10.6 Å². The third-order valence-corrected chi connectivity index (χ3v) is 9.25. The first-order valence-corrected chi connectivity index (χ1v) is 13.6. The van der Waals surface area contributed by atoms with Crippen molar-refractivity contribution in [1.82, 2.24) is 15.5 Å². The van der Waals surface area contributed by atoms with E-state index in [1.165, 1.54) is 12.8 Å². The number of carbonyl (C=O) groups excluding carboxylic acids is 3. The standard InChI is InChI=1S/C27H41N3O5/c1-17-9-7-8-12-19(17)29-23(31)20-21-25(33)30(15-16-34-3)22(27(21)14-13-26(20,2)35-27)24(32)28-18-10-5-4-6-11-18/h13-14,17-22H,4-12,15-16H2,1-3H3,(H,28,32)(H,29,31). The maximum Gasteiger partial charge on any atom is 0.246 e. The normalized spacial score (nSPS) is 40.7. The van der Waals surface area contributed by atoms with Crippen molar-refractivity contribution in [3.05, 3.63) is 12.2 Å². The molecule has 0 radical (unpaired) electrons. The van der Waals surface area contributed by atoms with Gasteiger partial charge in [-0.2, -0.15) is 0 Å². The van der Waals surface area contributed by atoms with Crippen molar-refractivity contribution < 1.29 is 23.9 Å². The first kappa shape index (κ1) is 24.8. The Morgan fingerprint density at radius 3 is 2.49 bits per heavy atom. The third-order valence-electron chi connectivity index (χ3n) is 9.25. The maximum atomic E-state index is 13.9. The van der Waals surface area contributed by atoms with Crippen LogP contribution in [-0.2, 0) is 23.9 Å². The minimum atomic E-state index is -1.13. The van der Waals surface area contributed by atoms with E-state index in [1.807, 2.05) is 19.1 Å². The van der Waals surface area contributed by atoms with Crippen molar-refractivity contribution >= 4 is 17.7 Å². The van der Waals surface area contributed by atoms with Crippen LogP contribution in [0.15, 0.2) is 12.2 Å². The maximum absolute atomic E-state index is 13.9. The van der Waals surface area contributed by atoms with E-state index in [1.54, 1.807) is 12.0 Å². The predicted molar refractivity (Wildman–Crippen MR) is 130 cm³/mol. The molecule has 3 heterocycles. The third kappa shape index (κ3) is 4.10. The lowest BCUT2D eigenvalue weighted by Crippen LogP contribution is -2.57. The number of methoxy groups -OCH3 is 1. The van der Waals surface area contributed by atoms with Crippen molar-refractivity contribution in [2.75, 3.05) is 20.3 Å². The molecule has 2 bridgehead atoms. The van der Waals surface area contributed by atoms with E-state index in [4.69, 9.17) is 9.47 Å². The Labute approximate surface area is 208 Å². The van der Waals surface area contributed by atoms with Gasteiger partial charge in [-0.1, -0.05) is 51.2 Å². The van der Waals surface area contributed by atoms with Gasteiger partial charge in [0.2, 0.25) is 17.7 Å². The predicted octanol–water partition coefficient (Wildman–Crippen LogP) is 2.32. The summed E-state index contributed by atoms with van der Waals surface area (Å²) in [6, 6.07) is -0.567. The van der Waals surface area contributed by atoms with Gasteiger partial charge in [0.25, 0.3) is 0 Å². The second-order valence-electron chi connectivity index (χ2n) is 11.6. The monoisotopic (exact) mass is 487 g/mol. The van der Waals surface area contributed by atoms with E-state index in [0.29, 0.717) is 12.5 Å². The summed E-state index contributed by atoms with van der Waals surface area (Å²) in [7, 11) is 1.58. The summed E-state index contributed by atoms with van der Waals surface area (Å²) >= 11 is 0. The van der Waals surface area contributed by atoms with Gasteiger partial charge in [0.15, 0.2) is 0 Å². The summed E-state index contributed by atoms with van der Waals surface area (Å²) in [5, 5.41) is 6.49. The number of fused-ring (bicyclic) bond motifs is 1. The van der Waals surface area contributed by atoms with Crippen LogP contribution in [0.1, 0.15) is 71.6 Å². The molecular weight excluding hydrogens is 446 g/mol. The number of carbonyl (C=O) groups is 3. The molecular formula is C27H41N3O5. The molecule has 4 fully saturated rings. The molecule has 0 aromatic carbocycles. The Hall–Kier alpha value is -1.93. The van der Waals surface area contributed by atoms with E-state index in [0.717, 1.165) is 44.9 Å². The lowest BCUT2D eigenvalue weighted by molar-refractivity contribution is -0.146.